The number of fused-ring (bicyclic) bond motifs is 1. The molecule has 37 heavy (non-hydrogen) atoms. The van der Waals surface area contributed by atoms with Gasteiger partial charge in [0.15, 0.2) is 17.4 Å². The van der Waals surface area contributed by atoms with E-state index in [1.807, 2.05) is 23.6 Å². The molecule has 196 valence electrons. The van der Waals surface area contributed by atoms with Gasteiger partial charge in [-0.3, -0.25) is 0 Å². The normalized spacial score (nSPS) is 17.6. The van der Waals surface area contributed by atoms with Gasteiger partial charge in [-0.05, 0) is 43.7 Å². The molecule has 10 heteroatoms. The van der Waals surface area contributed by atoms with Crippen LogP contribution in [0.5, 0.6) is 5.75 Å². The standard InChI is InChI=1S/C27H30F3N5O2/c1-16(2)34-7-8-37-27-21(29)11-18(12-24(27)34)26-22(30)14-32-25(33-26)10-17-3-4-23(20(28)9-17)35-6-5-31-13-19(35)15-36/h3-4,9,11-12,14,16,19,31,36H,5-8,10,13,15H2,1-2H3. The van der Waals surface area contributed by atoms with Crippen LogP contribution in [0.4, 0.5) is 24.5 Å². The summed E-state index contributed by atoms with van der Waals surface area (Å²) in [7, 11) is 0. The van der Waals surface area contributed by atoms with Gasteiger partial charge in [-0.25, -0.2) is 23.1 Å². The van der Waals surface area contributed by atoms with Crippen molar-refractivity contribution in [2.75, 3.05) is 49.2 Å². The second kappa shape index (κ2) is 10.5. The van der Waals surface area contributed by atoms with Crippen molar-refractivity contribution >= 4 is 11.4 Å². The number of benzene rings is 2. The highest BCUT2D eigenvalue weighted by Gasteiger charge is 2.26. The predicted molar refractivity (Wildman–Crippen MR) is 136 cm³/mol. The van der Waals surface area contributed by atoms with Gasteiger partial charge in [-0.2, -0.15) is 0 Å². The molecule has 0 saturated carbocycles. The molecule has 1 unspecified atom stereocenters. The molecule has 2 N–H and O–H groups in total. The maximum absolute atomic E-state index is 15.1. The number of hydrogen-bond donors (Lipinski definition) is 2. The molecule has 1 fully saturated rings. The summed E-state index contributed by atoms with van der Waals surface area (Å²) in [5.74, 6) is -1.22. The average Bonchev–Trinajstić information content (AvgIpc) is 2.89. The molecule has 0 radical (unpaired) electrons. The lowest BCUT2D eigenvalue weighted by Crippen LogP contribution is -2.53. The summed E-state index contributed by atoms with van der Waals surface area (Å²) >= 11 is 0. The molecular weight excluding hydrogens is 483 g/mol. The molecule has 0 amide bonds. The van der Waals surface area contributed by atoms with Crippen LogP contribution in [0.2, 0.25) is 0 Å². The van der Waals surface area contributed by atoms with Crippen LogP contribution in [0.1, 0.15) is 25.2 Å². The summed E-state index contributed by atoms with van der Waals surface area (Å²) in [5, 5.41) is 12.8. The van der Waals surface area contributed by atoms with Crippen LogP contribution in [-0.4, -0.2) is 66.6 Å². The summed E-state index contributed by atoms with van der Waals surface area (Å²) in [6.07, 6.45) is 1.23. The van der Waals surface area contributed by atoms with Crippen molar-refractivity contribution in [3.63, 3.8) is 0 Å². The van der Waals surface area contributed by atoms with Crippen molar-refractivity contribution in [2.24, 2.45) is 0 Å². The van der Waals surface area contributed by atoms with E-state index in [9.17, 15) is 13.9 Å². The summed E-state index contributed by atoms with van der Waals surface area (Å²) in [4.78, 5) is 12.3. The van der Waals surface area contributed by atoms with Crippen LogP contribution in [-0.2, 0) is 6.42 Å². The van der Waals surface area contributed by atoms with E-state index in [0.717, 1.165) is 6.20 Å². The van der Waals surface area contributed by atoms with Gasteiger partial charge in [-0.1, -0.05) is 6.07 Å². The van der Waals surface area contributed by atoms with Gasteiger partial charge >= 0.3 is 0 Å². The Morgan fingerprint density at radius 1 is 1.08 bits per heavy atom. The summed E-state index contributed by atoms with van der Waals surface area (Å²) in [6.45, 7) is 6.76. The van der Waals surface area contributed by atoms with Gasteiger partial charge < -0.3 is 25.0 Å². The third kappa shape index (κ3) is 5.08. The molecule has 2 aromatic carbocycles. The maximum atomic E-state index is 15.1. The Balaban J connectivity index is 1.43. The first-order valence-corrected chi connectivity index (χ1v) is 12.5. The average molecular weight is 514 g/mol. The molecule has 0 bridgehead atoms. The summed E-state index contributed by atoms with van der Waals surface area (Å²) < 4.78 is 50.4. The summed E-state index contributed by atoms with van der Waals surface area (Å²) in [5.41, 5.74) is 1.85. The zero-order valence-corrected chi connectivity index (χ0v) is 20.8. The molecule has 1 aromatic heterocycles. The number of halogens is 3. The second-order valence-electron chi connectivity index (χ2n) is 9.62. The Hall–Kier alpha value is -3.37. The van der Waals surface area contributed by atoms with Gasteiger partial charge in [0, 0.05) is 37.7 Å². The van der Waals surface area contributed by atoms with Crippen molar-refractivity contribution in [3.05, 3.63) is 65.4 Å². The molecule has 3 aromatic rings. The fourth-order valence-electron chi connectivity index (χ4n) is 4.98. The van der Waals surface area contributed by atoms with Crippen molar-refractivity contribution in [1.82, 2.24) is 15.3 Å². The zero-order chi connectivity index (χ0) is 26.1. The first-order valence-electron chi connectivity index (χ1n) is 12.5. The molecule has 7 nitrogen and oxygen atoms in total. The molecule has 5 rings (SSSR count). The quantitative estimate of drug-likeness (QED) is 0.523. The number of aliphatic hydroxyl groups is 1. The number of ether oxygens (including phenoxy) is 1. The van der Waals surface area contributed by atoms with Crippen LogP contribution < -0.4 is 19.9 Å². The van der Waals surface area contributed by atoms with E-state index < -0.39 is 17.5 Å². The number of nitrogens with one attached hydrogen (secondary N) is 1. The number of piperazine rings is 1. The monoisotopic (exact) mass is 513 g/mol. The Morgan fingerprint density at radius 3 is 2.68 bits per heavy atom. The number of rotatable bonds is 6. The molecule has 1 saturated heterocycles. The lowest BCUT2D eigenvalue weighted by molar-refractivity contribution is 0.246. The van der Waals surface area contributed by atoms with E-state index in [0.29, 0.717) is 49.7 Å². The number of aliphatic hydroxyl groups excluding tert-OH is 1. The van der Waals surface area contributed by atoms with Crippen LogP contribution >= 0.6 is 0 Å². The van der Waals surface area contributed by atoms with E-state index in [2.05, 4.69) is 15.3 Å². The van der Waals surface area contributed by atoms with Crippen LogP contribution in [0.15, 0.2) is 36.5 Å². The SMILES string of the molecule is CC(C)N1CCOc2c(F)cc(-c3nc(Cc4ccc(N5CCNCC5CO)c(F)c4)ncc3F)cc21. The predicted octanol–water partition coefficient (Wildman–Crippen LogP) is 3.53. The van der Waals surface area contributed by atoms with Gasteiger partial charge in [0.05, 0.1) is 36.8 Å². The third-order valence-electron chi connectivity index (χ3n) is 6.85. The van der Waals surface area contributed by atoms with Crippen molar-refractivity contribution in [2.45, 2.75) is 32.4 Å². The number of hydrogen-bond acceptors (Lipinski definition) is 7. The Morgan fingerprint density at radius 2 is 1.92 bits per heavy atom. The highest BCUT2D eigenvalue weighted by molar-refractivity contribution is 5.72. The first-order chi connectivity index (χ1) is 17.9. The molecule has 2 aliphatic heterocycles. The molecule has 3 heterocycles. The second-order valence-corrected chi connectivity index (χ2v) is 9.62. The highest BCUT2D eigenvalue weighted by atomic mass is 19.1. The minimum Gasteiger partial charge on any atom is -0.486 e. The van der Waals surface area contributed by atoms with Crippen LogP contribution in [0.25, 0.3) is 11.3 Å². The smallest absolute Gasteiger partial charge is 0.178 e. The topological polar surface area (TPSA) is 73.8 Å². The number of anilines is 2. The largest absolute Gasteiger partial charge is 0.486 e. The Kier molecular flexibility index (Phi) is 7.21. The minimum absolute atomic E-state index is 0.0234. The summed E-state index contributed by atoms with van der Waals surface area (Å²) in [6, 6.07) is 7.68. The maximum Gasteiger partial charge on any atom is 0.178 e. The van der Waals surface area contributed by atoms with E-state index in [4.69, 9.17) is 4.74 Å². The first kappa shape index (κ1) is 25.3. The fraction of sp³-hybridized carbons (Fsp3) is 0.407. The zero-order valence-electron chi connectivity index (χ0n) is 20.8. The Bertz CT molecular complexity index is 1290. The van der Waals surface area contributed by atoms with Gasteiger partial charge in [-0.15, -0.1) is 0 Å². The van der Waals surface area contributed by atoms with Gasteiger partial charge in [0.2, 0.25) is 0 Å². The van der Waals surface area contributed by atoms with E-state index in [1.54, 1.807) is 18.2 Å². The number of nitrogens with zero attached hydrogens (tertiary/aromatic N) is 4. The van der Waals surface area contributed by atoms with Crippen molar-refractivity contribution in [3.8, 4) is 17.0 Å². The van der Waals surface area contributed by atoms with Crippen LogP contribution in [0, 0.1) is 17.5 Å². The molecule has 1 atom stereocenters. The fourth-order valence-corrected chi connectivity index (χ4v) is 4.98. The molecule has 0 aliphatic carbocycles. The Labute approximate surface area is 213 Å². The molecule has 0 spiro atoms. The molecular formula is C27H30F3N5O2. The number of aromatic nitrogens is 2. The third-order valence-corrected chi connectivity index (χ3v) is 6.85. The lowest BCUT2D eigenvalue weighted by Gasteiger charge is -2.37. The van der Waals surface area contributed by atoms with Crippen molar-refractivity contribution < 1.29 is 23.0 Å². The lowest BCUT2D eigenvalue weighted by atomic mass is 10.1. The van der Waals surface area contributed by atoms with Gasteiger partial charge in [0.1, 0.15) is 23.9 Å². The highest BCUT2D eigenvalue weighted by Crippen LogP contribution is 2.39. The minimum atomic E-state index is -0.675. The molecule has 2 aliphatic rings. The van der Waals surface area contributed by atoms with E-state index in [-0.39, 0.29) is 47.9 Å². The van der Waals surface area contributed by atoms with Gasteiger partial charge in [0.25, 0.3) is 0 Å². The van der Waals surface area contributed by atoms with E-state index >= 15 is 4.39 Å². The van der Waals surface area contributed by atoms with Crippen LogP contribution in [0.3, 0.4) is 0 Å². The van der Waals surface area contributed by atoms with E-state index in [1.165, 1.54) is 12.1 Å². The van der Waals surface area contributed by atoms with Crippen molar-refractivity contribution in [1.29, 1.82) is 0 Å².